The number of benzene rings is 2. The van der Waals surface area contributed by atoms with Crippen LogP contribution in [0.4, 0.5) is 11.6 Å². The van der Waals surface area contributed by atoms with Gasteiger partial charge in [-0.3, -0.25) is 0 Å². The number of nitrogens with zero attached hydrogens (tertiary/aromatic N) is 2. The molecule has 0 fully saturated rings. The number of imidazole rings is 1. The Labute approximate surface area is 169 Å². The van der Waals surface area contributed by atoms with Gasteiger partial charge in [-0.1, -0.05) is 42.3 Å². The number of halogens is 2. The third-order valence-electron chi connectivity index (χ3n) is 4.77. The summed E-state index contributed by atoms with van der Waals surface area (Å²) in [6.45, 7) is 6.18. The summed E-state index contributed by atoms with van der Waals surface area (Å²) in [6.07, 6.45) is 3.07. The minimum absolute atomic E-state index is 0.628. The molecule has 0 radical (unpaired) electrons. The van der Waals surface area contributed by atoms with Gasteiger partial charge in [-0.2, -0.15) is 0 Å². The molecule has 1 heterocycles. The summed E-state index contributed by atoms with van der Waals surface area (Å²) in [6, 6.07) is 7.64. The van der Waals surface area contributed by atoms with Crippen LogP contribution in [-0.4, -0.2) is 16.7 Å². The average Bonchev–Trinajstić information content (AvgIpc) is 2.97. The lowest BCUT2D eigenvalue weighted by Crippen LogP contribution is -2.03. The number of methoxy groups -OCH3 is 1. The molecule has 142 valence electrons. The summed E-state index contributed by atoms with van der Waals surface area (Å²) in [5.74, 6) is 1.36. The SMILES string of the molecule is C/C=C(\CC)c1ccc(Cl)c2nc(Nc3c(C)cc(Cl)cc3OC)n(C)c12. The lowest BCUT2D eigenvalue weighted by atomic mass is 10.0. The van der Waals surface area contributed by atoms with Gasteiger partial charge >= 0.3 is 0 Å². The van der Waals surface area contributed by atoms with Crippen LogP contribution in [0.1, 0.15) is 31.4 Å². The molecule has 4 nitrogen and oxygen atoms in total. The van der Waals surface area contributed by atoms with Gasteiger partial charge in [0.1, 0.15) is 11.3 Å². The highest BCUT2D eigenvalue weighted by Gasteiger charge is 2.18. The van der Waals surface area contributed by atoms with Crippen LogP contribution >= 0.6 is 23.2 Å². The summed E-state index contributed by atoms with van der Waals surface area (Å²) in [5.41, 5.74) is 5.98. The summed E-state index contributed by atoms with van der Waals surface area (Å²) < 4.78 is 7.53. The van der Waals surface area contributed by atoms with Gasteiger partial charge in [-0.05, 0) is 43.5 Å². The third-order valence-corrected chi connectivity index (χ3v) is 5.29. The lowest BCUT2D eigenvalue weighted by molar-refractivity contribution is 0.416. The van der Waals surface area contributed by atoms with Crippen molar-refractivity contribution in [2.24, 2.45) is 7.05 Å². The van der Waals surface area contributed by atoms with E-state index in [0.29, 0.717) is 21.7 Å². The van der Waals surface area contributed by atoms with E-state index in [1.165, 1.54) is 5.57 Å². The molecule has 2 aromatic carbocycles. The molecule has 3 rings (SSSR count). The first kappa shape index (κ1) is 19.6. The van der Waals surface area contributed by atoms with Crippen molar-refractivity contribution in [3.05, 3.63) is 51.5 Å². The minimum Gasteiger partial charge on any atom is -0.495 e. The molecule has 0 saturated heterocycles. The molecule has 6 heteroatoms. The van der Waals surface area contributed by atoms with E-state index in [2.05, 4.69) is 31.3 Å². The second-order valence-corrected chi connectivity index (χ2v) is 7.22. The summed E-state index contributed by atoms with van der Waals surface area (Å²) >= 11 is 12.6. The van der Waals surface area contributed by atoms with Crippen molar-refractivity contribution in [1.29, 1.82) is 0 Å². The number of aryl methyl sites for hydroxylation is 2. The van der Waals surface area contributed by atoms with Crippen molar-refractivity contribution in [3.8, 4) is 5.75 Å². The zero-order chi connectivity index (χ0) is 19.7. The second-order valence-electron chi connectivity index (χ2n) is 6.38. The molecule has 0 unspecified atom stereocenters. The number of allylic oxidation sites excluding steroid dienone is 2. The number of hydrogen-bond donors (Lipinski definition) is 1. The van der Waals surface area contributed by atoms with Gasteiger partial charge in [0.15, 0.2) is 0 Å². The van der Waals surface area contributed by atoms with Gasteiger partial charge < -0.3 is 14.6 Å². The average molecular weight is 404 g/mol. The van der Waals surface area contributed by atoms with E-state index < -0.39 is 0 Å². The Morgan fingerprint density at radius 1 is 1.30 bits per heavy atom. The summed E-state index contributed by atoms with van der Waals surface area (Å²) in [5, 5.41) is 4.66. The van der Waals surface area contributed by atoms with Crippen molar-refractivity contribution in [3.63, 3.8) is 0 Å². The highest BCUT2D eigenvalue weighted by molar-refractivity contribution is 6.35. The molecule has 1 N–H and O–H groups in total. The smallest absolute Gasteiger partial charge is 0.208 e. The molecule has 0 atom stereocenters. The molecule has 0 saturated carbocycles. The van der Waals surface area contributed by atoms with E-state index in [4.69, 9.17) is 32.9 Å². The molecule has 0 amide bonds. The molecular formula is C21H23Cl2N3O. The number of aromatic nitrogens is 2. The Hall–Kier alpha value is -2.17. The zero-order valence-electron chi connectivity index (χ0n) is 16.2. The van der Waals surface area contributed by atoms with E-state index in [0.717, 1.165) is 34.3 Å². The number of hydrogen-bond acceptors (Lipinski definition) is 3. The van der Waals surface area contributed by atoms with E-state index >= 15 is 0 Å². The molecule has 0 aliphatic carbocycles. The maximum absolute atomic E-state index is 6.45. The molecule has 0 bridgehead atoms. The predicted molar refractivity (Wildman–Crippen MR) is 116 cm³/mol. The Balaban J connectivity index is 2.20. The Kier molecular flexibility index (Phi) is 5.68. The summed E-state index contributed by atoms with van der Waals surface area (Å²) in [4.78, 5) is 4.76. The number of nitrogens with one attached hydrogen (secondary N) is 1. The minimum atomic E-state index is 0.628. The van der Waals surface area contributed by atoms with Crippen LogP contribution < -0.4 is 10.1 Å². The summed E-state index contributed by atoms with van der Waals surface area (Å²) in [7, 11) is 3.61. The molecule has 0 aliphatic heterocycles. The quantitative estimate of drug-likeness (QED) is 0.511. The van der Waals surface area contributed by atoms with Crippen LogP contribution in [0.25, 0.3) is 16.6 Å². The zero-order valence-corrected chi connectivity index (χ0v) is 17.7. The van der Waals surface area contributed by atoms with Gasteiger partial charge in [0.2, 0.25) is 5.95 Å². The number of fused-ring (bicyclic) bond motifs is 1. The van der Waals surface area contributed by atoms with Crippen LogP contribution in [0.3, 0.4) is 0 Å². The fraction of sp³-hybridized carbons (Fsp3) is 0.286. The molecule has 0 aliphatic rings. The topological polar surface area (TPSA) is 39.1 Å². The lowest BCUT2D eigenvalue weighted by Gasteiger charge is -2.14. The van der Waals surface area contributed by atoms with Crippen molar-refractivity contribution in [2.45, 2.75) is 27.2 Å². The van der Waals surface area contributed by atoms with Crippen LogP contribution in [-0.2, 0) is 7.05 Å². The molecule has 3 aromatic rings. The van der Waals surface area contributed by atoms with Crippen molar-refractivity contribution in [1.82, 2.24) is 9.55 Å². The molecule has 27 heavy (non-hydrogen) atoms. The molecule has 0 spiro atoms. The van der Waals surface area contributed by atoms with Crippen molar-refractivity contribution < 1.29 is 4.74 Å². The second kappa shape index (κ2) is 7.83. The van der Waals surface area contributed by atoms with E-state index in [-0.39, 0.29) is 0 Å². The normalized spacial score (nSPS) is 11.9. The van der Waals surface area contributed by atoms with Crippen molar-refractivity contribution >= 4 is 51.4 Å². The van der Waals surface area contributed by atoms with Gasteiger partial charge in [-0.25, -0.2) is 4.98 Å². The predicted octanol–water partition coefficient (Wildman–Crippen LogP) is 6.75. The van der Waals surface area contributed by atoms with Gasteiger partial charge in [0.25, 0.3) is 0 Å². The first-order valence-corrected chi connectivity index (χ1v) is 9.58. The van der Waals surface area contributed by atoms with Gasteiger partial charge in [0, 0.05) is 23.7 Å². The first-order valence-electron chi connectivity index (χ1n) is 8.82. The Morgan fingerprint density at radius 3 is 2.67 bits per heavy atom. The van der Waals surface area contributed by atoms with E-state index in [1.807, 2.05) is 30.7 Å². The van der Waals surface area contributed by atoms with Crippen LogP contribution in [0.2, 0.25) is 10.0 Å². The van der Waals surface area contributed by atoms with E-state index in [1.54, 1.807) is 13.2 Å². The largest absolute Gasteiger partial charge is 0.495 e. The first-order chi connectivity index (χ1) is 12.9. The molecular weight excluding hydrogens is 381 g/mol. The molecule has 1 aromatic heterocycles. The fourth-order valence-corrected chi connectivity index (χ4v) is 3.81. The standard InChI is InChI=1S/C21H23Cl2N3O/c1-6-13(7-2)15-8-9-16(23)19-20(15)26(4)21(25-19)24-18-12(3)10-14(22)11-17(18)27-5/h6,8-11H,7H2,1-5H3,(H,24,25)/b13-6+. The van der Waals surface area contributed by atoms with Crippen LogP contribution in [0, 0.1) is 6.92 Å². The van der Waals surface area contributed by atoms with Gasteiger partial charge in [0.05, 0.1) is 23.3 Å². The van der Waals surface area contributed by atoms with Crippen LogP contribution in [0.15, 0.2) is 30.3 Å². The highest BCUT2D eigenvalue weighted by atomic mass is 35.5. The highest BCUT2D eigenvalue weighted by Crippen LogP contribution is 2.37. The number of rotatable bonds is 5. The number of anilines is 2. The third kappa shape index (κ3) is 3.52. The maximum Gasteiger partial charge on any atom is 0.208 e. The van der Waals surface area contributed by atoms with E-state index in [9.17, 15) is 0 Å². The van der Waals surface area contributed by atoms with Gasteiger partial charge in [-0.15, -0.1) is 0 Å². The maximum atomic E-state index is 6.45. The Morgan fingerprint density at radius 2 is 2.04 bits per heavy atom. The monoisotopic (exact) mass is 403 g/mol. The number of ether oxygens (including phenoxy) is 1. The fourth-order valence-electron chi connectivity index (χ4n) is 3.35. The van der Waals surface area contributed by atoms with Crippen molar-refractivity contribution in [2.75, 3.05) is 12.4 Å². The van der Waals surface area contributed by atoms with Crippen LogP contribution in [0.5, 0.6) is 5.75 Å². The Bertz CT molecular complexity index is 1040.